The maximum atomic E-state index is 13.3. The number of benzene rings is 2. The second kappa shape index (κ2) is 8.99. The van der Waals surface area contributed by atoms with Crippen LogP contribution in [0.25, 0.3) is 10.9 Å². The minimum absolute atomic E-state index is 0.0393. The molecule has 0 radical (unpaired) electrons. The summed E-state index contributed by atoms with van der Waals surface area (Å²) in [4.78, 5) is 42.8. The molecule has 170 valence electrons. The second-order valence-corrected chi connectivity index (χ2v) is 9.44. The number of ether oxygens (including phenoxy) is 2. The summed E-state index contributed by atoms with van der Waals surface area (Å²) < 4.78 is 12.8. The first kappa shape index (κ1) is 21.7. The van der Waals surface area contributed by atoms with Gasteiger partial charge in [0, 0.05) is 12.2 Å². The van der Waals surface area contributed by atoms with Gasteiger partial charge in [0.1, 0.15) is 5.75 Å². The Morgan fingerprint density at radius 1 is 1.27 bits per heavy atom. The number of fused-ring (bicyclic) bond motifs is 2. The maximum Gasteiger partial charge on any atom is 0.262 e. The van der Waals surface area contributed by atoms with Crippen molar-refractivity contribution in [2.24, 2.45) is 0 Å². The van der Waals surface area contributed by atoms with Crippen molar-refractivity contribution in [2.45, 2.75) is 42.8 Å². The zero-order valence-electron chi connectivity index (χ0n) is 18.1. The summed E-state index contributed by atoms with van der Waals surface area (Å²) in [7, 11) is 0. The minimum Gasteiger partial charge on any atom is -0.482 e. The zero-order chi connectivity index (χ0) is 22.9. The fourth-order valence-corrected chi connectivity index (χ4v) is 5.07. The van der Waals surface area contributed by atoms with Gasteiger partial charge < -0.3 is 14.8 Å². The molecule has 1 aromatic heterocycles. The van der Waals surface area contributed by atoms with Crippen LogP contribution < -0.4 is 15.6 Å². The van der Waals surface area contributed by atoms with Gasteiger partial charge in [0.05, 0.1) is 34.5 Å². The third kappa shape index (κ3) is 4.38. The molecule has 0 saturated carbocycles. The Kier molecular flexibility index (Phi) is 5.90. The number of carbonyl (C=O) groups is 2. The average Bonchev–Trinajstić information content (AvgIpc) is 3.34. The predicted molar refractivity (Wildman–Crippen MR) is 125 cm³/mol. The minimum atomic E-state index is -0.507. The van der Waals surface area contributed by atoms with E-state index in [1.165, 1.54) is 11.8 Å². The fraction of sp³-hybridized carbons (Fsp3) is 0.333. The third-order valence-corrected chi connectivity index (χ3v) is 6.88. The quantitative estimate of drug-likeness (QED) is 0.339. The van der Waals surface area contributed by atoms with E-state index in [-0.39, 0.29) is 30.0 Å². The van der Waals surface area contributed by atoms with Gasteiger partial charge in [-0.3, -0.25) is 19.0 Å². The summed E-state index contributed by atoms with van der Waals surface area (Å²) in [5, 5.41) is 3.25. The zero-order valence-corrected chi connectivity index (χ0v) is 18.9. The molecule has 3 heterocycles. The topological polar surface area (TPSA) is 99.5 Å². The van der Waals surface area contributed by atoms with Crippen LogP contribution in [0.15, 0.2) is 52.4 Å². The van der Waals surface area contributed by atoms with Crippen molar-refractivity contribution in [3.05, 3.63) is 58.4 Å². The molecule has 1 N–H and O–H groups in total. The number of amides is 1. The highest BCUT2D eigenvalue weighted by atomic mass is 32.2. The van der Waals surface area contributed by atoms with Crippen LogP contribution >= 0.6 is 11.8 Å². The van der Waals surface area contributed by atoms with E-state index in [1.807, 2.05) is 12.1 Å². The van der Waals surface area contributed by atoms with E-state index < -0.39 is 5.25 Å². The van der Waals surface area contributed by atoms with Crippen LogP contribution in [0.5, 0.6) is 5.75 Å². The smallest absolute Gasteiger partial charge is 0.262 e. The Morgan fingerprint density at radius 2 is 2.12 bits per heavy atom. The van der Waals surface area contributed by atoms with Gasteiger partial charge in [-0.15, -0.1) is 0 Å². The molecule has 9 heteroatoms. The molecule has 3 aromatic rings. The molecule has 2 aromatic carbocycles. The number of hydrogen-bond acceptors (Lipinski definition) is 7. The standard InChI is InChI=1S/C24H23N3O5S/c1-14(22(29)15-8-9-20-19(11-15)25-21(28)13-32-20)33-24-26-18-7-3-2-6-17(18)23(30)27(24)12-16-5-4-10-31-16/h2-3,6-9,11,14,16H,4-5,10,12-13H2,1H3,(H,25,28). The molecule has 0 aliphatic carbocycles. The van der Waals surface area contributed by atoms with Crippen molar-refractivity contribution in [1.29, 1.82) is 0 Å². The van der Waals surface area contributed by atoms with Crippen LogP contribution in [-0.2, 0) is 16.1 Å². The number of para-hydroxylation sites is 1. The first-order chi connectivity index (χ1) is 16.0. The Balaban J connectivity index is 1.45. The van der Waals surface area contributed by atoms with Crippen molar-refractivity contribution in [2.75, 3.05) is 18.5 Å². The molecule has 0 spiro atoms. The number of hydrogen-bond donors (Lipinski definition) is 1. The summed E-state index contributed by atoms with van der Waals surface area (Å²) in [6.45, 7) is 2.85. The molecule has 2 atom stereocenters. The SMILES string of the molecule is CC(Sc1nc2ccccc2c(=O)n1CC1CCCO1)C(=O)c1ccc2c(c1)NC(=O)CO2. The monoisotopic (exact) mass is 465 g/mol. The highest BCUT2D eigenvalue weighted by Gasteiger charge is 2.25. The number of carbonyl (C=O) groups excluding carboxylic acids is 2. The predicted octanol–water partition coefficient (Wildman–Crippen LogP) is 3.27. The van der Waals surface area contributed by atoms with Gasteiger partial charge in [-0.25, -0.2) is 4.98 Å². The Hall–Kier alpha value is -3.17. The number of anilines is 1. The number of ketones is 1. The third-order valence-electron chi connectivity index (χ3n) is 5.79. The van der Waals surface area contributed by atoms with E-state index in [2.05, 4.69) is 5.32 Å². The summed E-state index contributed by atoms with van der Waals surface area (Å²) in [5.74, 6) is 0.148. The molecule has 2 aliphatic heterocycles. The number of nitrogens with one attached hydrogen (secondary N) is 1. The molecule has 33 heavy (non-hydrogen) atoms. The van der Waals surface area contributed by atoms with Gasteiger partial charge >= 0.3 is 0 Å². The van der Waals surface area contributed by atoms with Crippen molar-refractivity contribution in [3.63, 3.8) is 0 Å². The van der Waals surface area contributed by atoms with Gasteiger partial charge in [0.25, 0.3) is 11.5 Å². The largest absolute Gasteiger partial charge is 0.482 e. The molecular weight excluding hydrogens is 442 g/mol. The first-order valence-electron chi connectivity index (χ1n) is 10.9. The molecule has 8 nitrogen and oxygen atoms in total. The van der Waals surface area contributed by atoms with E-state index in [0.29, 0.717) is 46.2 Å². The normalized spacial score (nSPS) is 18.5. The molecule has 2 unspecified atom stereocenters. The van der Waals surface area contributed by atoms with Gasteiger partial charge in [0.15, 0.2) is 17.5 Å². The van der Waals surface area contributed by atoms with Crippen LogP contribution in [0.4, 0.5) is 5.69 Å². The summed E-state index contributed by atoms with van der Waals surface area (Å²) >= 11 is 1.25. The highest BCUT2D eigenvalue weighted by molar-refractivity contribution is 8.00. The maximum absolute atomic E-state index is 13.3. The van der Waals surface area contributed by atoms with E-state index in [9.17, 15) is 14.4 Å². The van der Waals surface area contributed by atoms with E-state index >= 15 is 0 Å². The van der Waals surface area contributed by atoms with Crippen molar-refractivity contribution < 1.29 is 19.1 Å². The Labute approximate surface area is 194 Å². The number of rotatable bonds is 6. The van der Waals surface area contributed by atoms with Crippen molar-refractivity contribution in [3.8, 4) is 5.75 Å². The lowest BCUT2D eigenvalue weighted by molar-refractivity contribution is -0.118. The van der Waals surface area contributed by atoms with Gasteiger partial charge in [0.2, 0.25) is 0 Å². The number of thioether (sulfide) groups is 1. The van der Waals surface area contributed by atoms with Gasteiger partial charge in [-0.05, 0) is 50.1 Å². The van der Waals surface area contributed by atoms with Gasteiger partial charge in [-0.1, -0.05) is 23.9 Å². The van der Waals surface area contributed by atoms with Crippen LogP contribution in [0.2, 0.25) is 0 Å². The fourth-order valence-electron chi connectivity index (χ4n) is 4.07. The summed E-state index contributed by atoms with van der Waals surface area (Å²) in [6.07, 6.45) is 1.82. The molecule has 0 bridgehead atoms. The van der Waals surface area contributed by atoms with E-state index in [4.69, 9.17) is 14.5 Å². The molecule has 1 fully saturated rings. The number of aromatic nitrogens is 2. The Bertz CT molecular complexity index is 1300. The van der Waals surface area contributed by atoms with E-state index in [1.54, 1.807) is 41.8 Å². The molecule has 5 rings (SSSR count). The molecule has 2 aliphatic rings. The summed E-state index contributed by atoms with van der Waals surface area (Å²) in [6, 6.07) is 12.2. The van der Waals surface area contributed by atoms with Crippen molar-refractivity contribution >= 4 is 40.0 Å². The van der Waals surface area contributed by atoms with Crippen molar-refractivity contribution in [1.82, 2.24) is 9.55 Å². The van der Waals surface area contributed by atoms with Crippen LogP contribution in [0.3, 0.4) is 0 Å². The lowest BCUT2D eigenvalue weighted by Crippen LogP contribution is -2.29. The van der Waals surface area contributed by atoms with E-state index in [0.717, 1.165) is 12.8 Å². The number of Topliss-reactive ketones (excluding diaryl/α,β-unsaturated/α-hetero) is 1. The highest BCUT2D eigenvalue weighted by Crippen LogP contribution is 2.31. The number of nitrogens with zero attached hydrogens (tertiary/aromatic N) is 2. The summed E-state index contributed by atoms with van der Waals surface area (Å²) in [5.41, 5.74) is 1.40. The first-order valence-corrected chi connectivity index (χ1v) is 11.8. The average molecular weight is 466 g/mol. The molecular formula is C24H23N3O5S. The molecule has 1 saturated heterocycles. The Morgan fingerprint density at radius 3 is 2.94 bits per heavy atom. The van der Waals surface area contributed by atoms with Gasteiger partial charge in [-0.2, -0.15) is 0 Å². The lowest BCUT2D eigenvalue weighted by atomic mass is 10.1. The van der Waals surface area contributed by atoms with Crippen LogP contribution in [0.1, 0.15) is 30.1 Å². The second-order valence-electron chi connectivity index (χ2n) is 8.13. The van der Waals surface area contributed by atoms with Crippen LogP contribution in [-0.4, -0.2) is 45.8 Å². The lowest BCUT2D eigenvalue weighted by Gasteiger charge is -2.20. The molecule has 1 amide bonds. The van der Waals surface area contributed by atoms with Crippen LogP contribution in [0, 0.1) is 0 Å².